The molecule has 0 radical (unpaired) electrons. The molecular weight excluding hydrogens is 288 g/mol. The summed E-state index contributed by atoms with van der Waals surface area (Å²) in [5.74, 6) is 0.915. The first-order chi connectivity index (χ1) is 9.78. The molecule has 1 heterocycles. The number of sulfonamides is 1. The van der Waals surface area contributed by atoms with Crippen LogP contribution in [-0.4, -0.2) is 31.9 Å². The molecule has 0 aliphatic heterocycles. The molecule has 1 aromatic rings. The fraction of sp³-hybridized carbons (Fsp3) is 0.733. The molecule has 0 fully saturated rings. The highest BCUT2D eigenvalue weighted by molar-refractivity contribution is 7.89. The van der Waals surface area contributed by atoms with Gasteiger partial charge in [-0.1, -0.05) is 20.8 Å². The number of nitrogens with one attached hydrogen (secondary N) is 1. The lowest BCUT2D eigenvalue weighted by molar-refractivity contribution is 0.303. The molecular formula is C15H28N2O3S. The van der Waals surface area contributed by atoms with Crippen LogP contribution in [-0.2, 0) is 16.6 Å². The van der Waals surface area contributed by atoms with Gasteiger partial charge in [0.05, 0.1) is 6.54 Å². The lowest BCUT2D eigenvalue weighted by Gasteiger charge is -2.26. The highest BCUT2D eigenvalue weighted by Crippen LogP contribution is 2.22. The Morgan fingerprint density at radius 1 is 1.24 bits per heavy atom. The lowest BCUT2D eigenvalue weighted by atomic mass is 10.2. The molecule has 0 unspecified atom stereocenters. The summed E-state index contributed by atoms with van der Waals surface area (Å²) in [6.07, 6.45) is 1.03. The monoisotopic (exact) mass is 316 g/mol. The van der Waals surface area contributed by atoms with Crippen LogP contribution >= 0.6 is 0 Å². The highest BCUT2D eigenvalue weighted by atomic mass is 32.2. The molecule has 5 nitrogen and oxygen atoms in total. The van der Waals surface area contributed by atoms with Crippen LogP contribution in [0.1, 0.15) is 46.8 Å². The van der Waals surface area contributed by atoms with E-state index in [1.165, 1.54) is 4.31 Å². The first-order valence-corrected chi connectivity index (χ1v) is 9.04. The molecule has 0 saturated heterocycles. The van der Waals surface area contributed by atoms with E-state index in [-0.39, 0.29) is 17.1 Å². The van der Waals surface area contributed by atoms with Gasteiger partial charge in [0.25, 0.3) is 10.0 Å². The molecule has 0 amide bonds. The quantitative estimate of drug-likeness (QED) is 0.712. The summed E-state index contributed by atoms with van der Waals surface area (Å²) in [5, 5.41) is 3.23. The van der Waals surface area contributed by atoms with Gasteiger partial charge in [-0.3, -0.25) is 0 Å². The zero-order valence-electron chi connectivity index (χ0n) is 13.7. The SMILES string of the molecule is CCCNCc1ccc(S(=O)(=O)N(CC(C)C)C(C)C)o1. The van der Waals surface area contributed by atoms with Crippen molar-refractivity contribution in [3.05, 3.63) is 17.9 Å². The van der Waals surface area contributed by atoms with Crippen LogP contribution in [0.2, 0.25) is 0 Å². The molecule has 0 aliphatic rings. The second-order valence-electron chi connectivity index (χ2n) is 5.96. The average Bonchev–Trinajstić information content (AvgIpc) is 2.85. The Kier molecular flexibility index (Phi) is 6.90. The second kappa shape index (κ2) is 7.96. The number of nitrogens with zero attached hydrogens (tertiary/aromatic N) is 1. The molecule has 0 spiro atoms. The predicted octanol–water partition coefficient (Wildman–Crippen LogP) is 2.83. The van der Waals surface area contributed by atoms with Crippen molar-refractivity contribution >= 4 is 10.0 Å². The van der Waals surface area contributed by atoms with E-state index < -0.39 is 10.0 Å². The van der Waals surface area contributed by atoms with Gasteiger partial charge in [-0.25, -0.2) is 8.42 Å². The average molecular weight is 316 g/mol. The molecule has 1 rings (SSSR count). The van der Waals surface area contributed by atoms with E-state index in [9.17, 15) is 8.42 Å². The largest absolute Gasteiger partial charge is 0.447 e. The van der Waals surface area contributed by atoms with Crippen molar-refractivity contribution in [2.45, 2.75) is 58.7 Å². The van der Waals surface area contributed by atoms with Crippen molar-refractivity contribution in [2.24, 2.45) is 5.92 Å². The molecule has 0 aliphatic carbocycles. The Labute approximate surface area is 128 Å². The molecule has 6 heteroatoms. The first-order valence-electron chi connectivity index (χ1n) is 7.60. The third kappa shape index (κ3) is 5.13. The number of rotatable bonds is 9. The van der Waals surface area contributed by atoms with Crippen molar-refractivity contribution in [1.82, 2.24) is 9.62 Å². The van der Waals surface area contributed by atoms with Gasteiger partial charge < -0.3 is 9.73 Å². The topological polar surface area (TPSA) is 62.6 Å². The molecule has 0 saturated carbocycles. The van der Waals surface area contributed by atoms with Crippen molar-refractivity contribution < 1.29 is 12.8 Å². The number of furan rings is 1. The molecule has 1 N–H and O–H groups in total. The third-order valence-corrected chi connectivity index (χ3v) is 4.96. The maximum atomic E-state index is 12.7. The third-order valence-electron chi connectivity index (χ3n) is 3.05. The van der Waals surface area contributed by atoms with E-state index in [1.807, 2.05) is 27.7 Å². The fourth-order valence-corrected chi connectivity index (χ4v) is 3.78. The van der Waals surface area contributed by atoms with E-state index in [1.54, 1.807) is 12.1 Å². The van der Waals surface area contributed by atoms with Crippen LogP contribution in [0.25, 0.3) is 0 Å². The van der Waals surface area contributed by atoms with Crippen molar-refractivity contribution in [2.75, 3.05) is 13.1 Å². The zero-order valence-corrected chi connectivity index (χ0v) is 14.5. The Bertz CT molecular complexity index is 521. The lowest BCUT2D eigenvalue weighted by Crippen LogP contribution is -2.39. The van der Waals surface area contributed by atoms with Crippen LogP contribution in [0.4, 0.5) is 0 Å². The summed E-state index contributed by atoms with van der Waals surface area (Å²) in [6, 6.07) is 3.18. The maximum Gasteiger partial charge on any atom is 0.276 e. The van der Waals surface area contributed by atoms with Gasteiger partial charge in [0.1, 0.15) is 5.76 Å². The molecule has 21 heavy (non-hydrogen) atoms. The first kappa shape index (κ1) is 18.2. The Balaban J connectivity index is 2.90. The highest BCUT2D eigenvalue weighted by Gasteiger charge is 2.30. The van der Waals surface area contributed by atoms with Crippen LogP contribution in [0.15, 0.2) is 21.6 Å². The van der Waals surface area contributed by atoms with Gasteiger partial charge in [0.15, 0.2) is 0 Å². The van der Waals surface area contributed by atoms with Gasteiger partial charge >= 0.3 is 0 Å². The minimum atomic E-state index is -3.57. The van der Waals surface area contributed by atoms with Gasteiger partial charge in [0, 0.05) is 12.6 Å². The fourth-order valence-electron chi connectivity index (χ4n) is 2.04. The minimum Gasteiger partial charge on any atom is -0.447 e. The zero-order chi connectivity index (χ0) is 16.0. The summed E-state index contributed by atoms with van der Waals surface area (Å²) in [4.78, 5) is 0. The molecule has 0 aromatic carbocycles. The van der Waals surface area contributed by atoms with E-state index in [2.05, 4.69) is 12.2 Å². The summed E-state index contributed by atoms with van der Waals surface area (Å²) in [5.41, 5.74) is 0. The maximum absolute atomic E-state index is 12.7. The minimum absolute atomic E-state index is 0.0325. The Hall–Kier alpha value is -0.850. The summed E-state index contributed by atoms with van der Waals surface area (Å²) in [6.45, 7) is 11.8. The number of hydrogen-bond acceptors (Lipinski definition) is 4. The van der Waals surface area contributed by atoms with E-state index >= 15 is 0 Å². The van der Waals surface area contributed by atoms with Crippen molar-refractivity contribution in [3.8, 4) is 0 Å². The van der Waals surface area contributed by atoms with Gasteiger partial charge in [0.2, 0.25) is 5.09 Å². The normalized spacial score (nSPS) is 12.8. The summed E-state index contributed by atoms with van der Waals surface area (Å²) >= 11 is 0. The van der Waals surface area contributed by atoms with Gasteiger partial charge in [-0.15, -0.1) is 0 Å². The van der Waals surface area contributed by atoms with E-state index in [4.69, 9.17) is 4.42 Å². The smallest absolute Gasteiger partial charge is 0.276 e. The Morgan fingerprint density at radius 2 is 1.90 bits per heavy atom. The van der Waals surface area contributed by atoms with Gasteiger partial charge in [-0.2, -0.15) is 4.31 Å². The number of hydrogen-bond donors (Lipinski definition) is 1. The van der Waals surface area contributed by atoms with Gasteiger partial charge in [-0.05, 0) is 44.9 Å². The molecule has 0 bridgehead atoms. The summed E-state index contributed by atoms with van der Waals surface area (Å²) in [7, 11) is -3.57. The predicted molar refractivity (Wildman–Crippen MR) is 84.6 cm³/mol. The van der Waals surface area contributed by atoms with E-state index in [0.717, 1.165) is 13.0 Å². The van der Waals surface area contributed by atoms with Crippen LogP contribution in [0.5, 0.6) is 0 Å². The van der Waals surface area contributed by atoms with Crippen molar-refractivity contribution in [3.63, 3.8) is 0 Å². The Morgan fingerprint density at radius 3 is 2.43 bits per heavy atom. The van der Waals surface area contributed by atoms with Crippen molar-refractivity contribution in [1.29, 1.82) is 0 Å². The van der Waals surface area contributed by atoms with Crippen LogP contribution < -0.4 is 5.32 Å². The van der Waals surface area contributed by atoms with Crippen LogP contribution in [0, 0.1) is 5.92 Å². The second-order valence-corrected chi connectivity index (χ2v) is 7.78. The van der Waals surface area contributed by atoms with Crippen LogP contribution in [0.3, 0.4) is 0 Å². The molecule has 0 atom stereocenters. The standard InChI is InChI=1S/C15H28N2O3S/c1-6-9-16-10-14-7-8-15(20-14)21(18,19)17(13(4)5)11-12(2)3/h7-8,12-13,16H,6,9-11H2,1-5H3. The summed E-state index contributed by atoms with van der Waals surface area (Å²) < 4.78 is 32.3. The molecule has 122 valence electrons. The van der Waals surface area contributed by atoms with E-state index in [0.29, 0.717) is 18.8 Å². The molecule has 1 aromatic heterocycles.